The molecular weight excluding hydrogens is 507 g/mol. The smallest absolute Gasteiger partial charge is 0.278 e. The highest BCUT2D eigenvalue weighted by atomic mass is 35.5. The monoisotopic (exact) mass is 534 g/mol. The number of likely N-dealkylation sites (tertiary alicyclic amines) is 1. The van der Waals surface area contributed by atoms with Crippen LogP contribution in [0, 0.1) is 19.7 Å². The normalized spacial score (nSPS) is 19.7. The van der Waals surface area contributed by atoms with Gasteiger partial charge in [-0.3, -0.25) is 9.88 Å². The first-order valence-electron chi connectivity index (χ1n) is 12.7. The zero-order chi connectivity index (χ0) is 26.4. The third-order valence-electron chi connectivity index (χ3n) is 7.40. The second-order valence-electron chi connectivity index (χ2n) is 10.1. The minimum atomic E-state index is -1.25. The third-order valence-corrected chi connectivity index (χ3v) is 7.64. The molecule has 1 atom stereocenters. The number of ether oxygens (including phenoxy) is 2. The molecule has 0 aliphatic carbocycles. The van der Waals surface area contributed by atoms with Gasteiger partial charge in [0.2, 0.25) is 11.7 Å². The van der Waals surface area contributed by atoms with Crippen LogP contribution in [0.5, 0.6) is 11.5 Å². The SMILES string of the molecule is Cc1nc(-c2cnc(CN3CCC(c4cccc5c4O[C@@](C)(c4ccc(Cl)cc4F)O5)CC3)c(C)c2)no1. The molecule has 2 aromatic heterocycles. The molecule has 2 aliphatic heterocycles. The highest BCUT2D eigenvalue weighted by Gasteiger charge is 2.42. The maximum Gasteiger partial charge on any atom is 0.278 e. The van der Waals surface area contributed by atoms with Crippen molar-refractivity contribution in [2.45, 2.75) is 51.9 Å². The number of benzene rings is 2. The quantitative estimate of drug-likeness (QED) is 0.287. The van der Waals surface area contributed by atoms with E-state index >= 15 is 0 Å². The molecule has 2 aromatic carbocycles. The van der Waals surface area contributed by atoms with Crippen molar-refractivity contribution in [3.8, 4) is 22.9 Å². The van der Waals surface area contributed by atoms with Crippen LogP contribution in [0.1, 0.15) is 54.0 Å². The number of halogens is 2. The van der Waals surface area contributed by atoms with Crippen molar-refractivity contribution < 1.29 is 18.4 Å². The second-order valence-corrected chi connectivity index (χ2v) is 10.6. The molecule has 1 saturated heterocycles. The topological polar surface area (TPSA) is 73.5 Å². The van der Waals surface area contributed by atoms with Gasteiger partial charge in [0.05, 0.1) is 11.3 Å². The van der Waals surface area contributed by atoms with E-state index in [0.29, 0.717) is 39.7 Å². The molecule has 2 aliphatic rings. The number of fused-ring (bicyclic) bond motifs is 1. The summed E-state index contributed by atoms with van der Waals surface area (Å²) in [6, 6.07) is 12.6. The van der Waals surface area contributed by atoms with Crippen LogP contribution in [0.2, 0.25) is 5.02 Å². The molecule has 0 radical (unpaired) electrons. The molecule has 7 nitrogen and oxygen atoms in total. The number of rotatable bonds is 5. The van der Waals surface area contributed by atoms with Gasteiger partial charge in [-0.2, -0.15) is 4.98 Å². The van der Waals surface area contributed by atoms with Crippen LogP contribution in [0.3, 0.4) is 0 Å². The molecular formula is C29H28ClFN4O3. The minimum Gasteiger partial charge on any atom is -0.444 e. The zero-order valence-electron chi connectivity index (χ0n) is 21.5. The molecule has 4 heterocycles. The van der Waals surface area contributed by atoms with E-state index in [1.165, 1.54) is 6.07 Å². The lowest BCUT2D eigenvalue weighted by Gasteiger charge is -2.32. The summed E-state index contributed by atoms with van der Waals surface area (Å²) in [5.41, 5.74) is 4.43. The Kier molecular flexibility index (Phi) is 6.32. The largest absolute Gasteiger partial charge is 0.444 e. The first-order chi connectivity index (χ1) is 18.3. The molecule has 4 aromatic rings. The molecule has 0 unspecified atom stereocenters. The summed E-state index contributed by atoms with van der Waals surface area (Å²) in [5.74, 6) is 1.05. The summed E-state index contributed by atoms with van der Waals surface area (Å²) in [5, 5.41) is 4.32. The van der Waals surface area contributed by atoms with Crippen LogP contribution in [0.15, 0.2) is 53.2 Å². The number of piperidine rings is 1. The van der Waals surface area contributed by atoms with Crippen molar-refractivity contribution in [2.24, 2.45) is 0 Å². The molecule has 0 amide bonds. The number of pyridine rings is 1. The highest BCUT2D eigenvalue weighted by molar-refractivity contribution is 6.30. The molecule has 0 N–H and O–H groups in total. The molecule has 9 heteroatoms. The molecule has 0 bridgehead atoms. The van der Waals surface area contributed by atoms with Crippen molar-refractivity contribution in [3.05, 3.63) is 87.8 Å². The van der Waals surface area contributed by atoms with E-state index < -0.39 is 11.6 Å². The summed E-state index contributed by atoms with van der Waals surface area (Å²) in [6.07, 6.45) is 3.76. The van der Waals surface area contributed by atoms with E-state index in [-0.39, 0.29) is 0 Å². The van der Waals surface area contributed by atoms with Crippen LogP contribution >= 0.6 is 11.6 Å². The molecule has 38 heavy (non-hydrogen) atoms. The van der Waals surface area contributed by atoms with Crippen molar-refractivity contribution in [1.29, 1.82) is 0 Å². The van der Waals surface area contributed by atoms with E-state index in [1.54, 1.807) is 26.0 Å². The number of nitrogens with zero attached hydrogens (tertiary/aromatic N) is 4. The first kappa shape index (κ1) is 24.8. The lowest BCUT2D eigenvalue weighted by Crippen LogP contribution is -2.34. The van der Waals surface area contributed by atoms with Gasteiger partial charge in [-0.25, -0.2) is 4.39 Å². The zero-order valence-corrected chi connectivity index (χ0v) is 22.3. The fraction of sp³-hybridized carbons (Fsp3) is 0.345. The average molecular weight is 535 g/mol. The summed E-state index contributed by atoms with van der Waals surface area (Å²) in [7, 11) is 0. The van der Waals surface area contributed by atoms with Gasteiger partial charge >= 0.3 is 0 Å². The van der Waals surface area contributed by atoms with Crippen LogP contribution in [0.25, 0.3) is 11.4 Å². The predicted molar refractivity (Wildman–Crippen MR) is 141 cm³/mol. The van der Waals surface area contributed by atoms with Gasteiger partial charge in [-0.05, 0) is 74.7 Å². The molecule has 1 fully saturated rings. The lowest BCUT2D eigenvalue weighted by atomic mass is 9.88. The van der Waals surface area contributed by atoms with E-state index in [1.807, 2.05) is 18.3 Å². The van der Waals surface area contributed by atoms with Crippen molar-refractivity contribution in [2.75, 3.05) is 13.1 Å². The minimum absolute atomic E-state index is 0.320. The van der Waals surface area contributed by atoms with E-state index in [0.717, 1.165) is 54.9 Å². The number of para-hydroxylation sites is 1. The Morgan fingerprint density at radius 3 is 2.63 bits per heavy atom. The highest BCUT2D eigenvalue weighted by Crippen LogP contribution is 2.49. The second kappa shape index (κ2) is 9.67. The van der Waals surface area contributed by atoms with E-state index in [9.17, 15) is 4.39 Å². The van der Waals surface area contributed by atoms with Gasteiger partial charge in [0, 0.05) is 42.7 Å². The molecule has 0 spiro atoms. The number of aromatic nitrogens is 3. The third kappa shape index (κ3) is 4.63. The van der Waals surface area contributed by atoms with Crippen LogP contribution in [-0.2, 0) is 12.3 Å². The standard InChI is InChI=1S/C29H28ClFN4O3/c1-17-13-20(28-33-18(2)38-34-28)15-32-25(17)16-35-11-9-19(10-12-35)22-5-4-6-26-27(22)37-29(3,36-26)23-8-7-21(30)14-24(23)31/h4-8,13-15,19H,9-12,16H2,1-3H3/t29-/m0/s1. The van der Waals surface area contributed by atoms with Gasteiger partial charge in [-0.15, -0.1) is 0 Å². The van der Waals surface area contributed by atoms with Crippen molar-refractivity contribution >= 4 is 11.6 Å². The van der Waals surface area contributed by atoms with Crippen LogP contribution in [-0.4, -0.2) is 33.1 Å². The van der Waals surface area contributed by atoms with Crippen molar-refractivity contribution in [1.82, 2.24) is 20.0 Å². The molecule has 6 rings (SSSR count). The van der Waals surface area contributed by atoms with Gasteiger partial charge in [0.1, 0.15) is 5.82 Å². The van der Waals surface area contributed by atoms with Gasteiger partial charge in [0.15, 0.2) is 11.5 Å². The molecule has 196 valence electrons. The van der Waals surface area contributed by atoms with Gasteiger partial charge < -0.3 is 14.0 Å². The summed E-state index contributed by atoms with van der Waals surface area (Å²) in [6.45, 7) is 8.24. The summed E-state index contributed by atoms with van der Waals surface area (Å²) < 4.78 is 32.3. The Morgan fingerprint density at radius 1 is 1.11 bits per heavy atom. The van der Waals surface area contributed by atoms with Crippen molar-refractivity contribution in [3.63, 3.8) is 0 Å². The van der Waals surface area contributed by atoms with Crippen LogP contribution < -0.4 is 9.47 Å². The Labute approximate surface area is 225 Å². The Balaban J connectivity index is 1.13. The average Bonchev–Trinajstić information content (AvgIpc) is 3.48. The number of aryl methyl sites for hydroxylation is 2. The Hall–Kier alpha value is -3.49. The molecule has 0 saturated carbocycles. The Morgan fingerprint density at radius 2 is 1.92 bits per heavy atom. The summed E-state index contributed by atoms with van der Waals surface area (Å²) in [4.78, 5) is 11.4. The maximum atomic E-state index is 14.7. The Bertz CT molecular complexity index is 1500. The van der Waals surface area contributed by atoms with Crippen LogP contribution in [0.4, 0.5) is 4.39 Å². The number of hydrogen-bond donors (Lipinski definition) is 0. The maximum absolute atomic E-state index is 14.7. The number of hydrogen-bond acceptors (Lipinski definition) is 7. The predicted octanol–water partition coefficient (Wildman–Crippen LogP) is 6.56. The van der Waals surface area contributed by atoms with Gasteiger partial charge in [0.25, 0.3) is 5.79 Å². The van der Waals surface area contributed by atoms with Gasteiger partial charge in [-0.1, -0.05) is 28.9 Å². The fourth-order valence-electron chi connectivity index (χ4n) is 5.36. The fourth-order valence-corrected chi connectivity index (χ4v) is 5.52. The van der Waals surface area contributed by atoms with E-state index in [2.05, 4.69) is 34.1 Å². The first-order valence-corrected chi connectivity index (χ1v) is 13.1. The lowest BCUT2D eigenvalue weighted by molar-refractivity contribution is -0.0712. The summed E-state index contributed by atoms with van der Waals surface area (Å²) >= 11 is 5.95. The van der Waals surface area contributed by atoms with E-state index in [4.69, 9.17) is 30.6 Å².